The molecule has 2 aromatic carbocycles. The van der Waals surface area contributed by atoms with Crippen molar-refractivity contribution in [1.82, 2.24) is 10.5 Å². The molecule has 1 aliphatic rings. The molecular formula is C27H32N4O3. The quantitative estimate of drug-likeness (QED) is 0.469. The van der Waals surface area contributed by atoms with Gasteiger partial charge in [-0.3, -0.25) is 9.59 Å². The average molecular weight is 461 g/mol. The minimum Gasteiger partial charge on any atom is -0.371 e. The molecule has 3 aromatic rings. The van der Waals surface area contributed by atoms with Crippen molar-refractivity contribution in [1.29, 1.82) is 0 Å². The van der Waals surface area contributed by atoms with Crippen LogP contribution in [-0.4, -0.2) is 29.9 Å². The van der Waals surface area contributed by atoms with Gasteiger partial charge in [-0.2, -0.15) is 0 Å². The summed E-state index contributed by atoms with van der Waals surface area (Å²) in [5, 5.41) is 7.47. The molecule has 0 saturated carbocycles. The number of Topliss-reactive ketones (excluding diaryl/α,β-unsaturated/α-hetero) is 1. The Balaban J connectivity index is 1.53. The van der Waals surface area contributed by atoms with Gasteiger partial charge in [-0.25, -0.2) is 0 Å². The monoisotopic (exact) mass is 460 g/mol. The summed E-state index contributed by atoms with van der Waals surface area (Å²) < 4.78 is 5.10. The summed E-state index contributed by atoms with van der Waals surface area (Å²) in [4.78, 5) is 26.8. The van der Waals surface area contributed by atoms with Crippen molar-refractivity contribution in [3.63, 3.8) is 0 Å². The fourth-order valence-corrected chi connectivity index (χ4v) is 4.50. The number of hydrogen-bond acceptors (Lipinski definition) is 6. The highest BCUT2D eigenvalue weighted by molar-refractivity contribution is 5.96. The van der Waals surface area contributed by atoms with E-state index in [9.17, 15) is 9.59 Å². The van der Waals surface area contributed by atoms with E-state index in [1.807, 2.05) is 18.2 Å². The summed E-state index contributed by atoms with van der Waals surface area (Å²) in [5.74, 6) is 0.227. The molecule has 4 rings (SSSR count). The van der Waals surface area contributed by atoms with Gasteiger partial charge >= 0.3 is 0 Å². The van der Waals surface area contributed by atoms with Crippen molar-refractivity contribution in [3.8, 4) is 0 Å². The Morgan fingerprint density at radius 3 is 2.53 bits per heavy atom. The maximum atomic E-state index is 12.9. The number of benzene rings is 2. The van der Waals surface area contributed by atoms with Gasteiger partial charge in [-0.1, -0.05) is 47.6 Å². The number of primary amides is 1. The molecule has 0 radical (unpaired) electrons. The fourth-order valence-electron chi connectivity index (χ4n) is 4.50. The maximum Gasteiger partial charge on any atom is 0.220 e. The lowest BCUT2D eigenvalue weighted by atomic mass is 9.94. The van der Waals surface area contributed by atoms with Crippen LogP contribution >= 0.6 is 0 Å². The number of piperidine rings is 1. The Kier molecular flexibility index (Phi) is 7.43. The second kappa shape index (κ2) is 10.7. The molecule has 1 saturated heterocycles. The van der Waals surface area contributed by atoms with Crippen LogP contribution in [0.1, 0.15) is 58.7 Å². The molecule has 0 aliphatic carbocycles. The zero-order valence-electron chi connectivity index (χ0n) is 19.8. The first-order valence-electron chi connectivity index (χ1n) is 11.8. The lowest BCUT2D eigenvalue weighted by molar-refractivity contribution is -0.122. The molecule has 1 aromatic heterocycles. The van der Waals surface area contributed by atoms with Gasteiger partial charge in [-0.05, 0) is 49.4 Å². The molecule has 34 heavy (non-hydrogen) atoms. The SMILES string of the molecule is Cc1cc(C(=O)Cc2cc(CNC(C)c3ccccc3)ccc2N2CCC(C(N)=O)CC2)no1. The summed E-state index contributed by atoms with van der Waals surface area (Å²) in [6, 6.07) is 18.5. The van der Waals surface area contributed by atoms with Crippen LogP contribution in [0.2, 0.25) is 0 Å². The molecule has 178 valence electrons. The lowest BCUT2D eigenvalue weighted by Crippen LogP contribution is -2.39. The van der Waals surface area contributed by atoms with Crippen LogP contribution in [0, 0.1) is 12.8 Å². The molecule has 0 bridgehead atoms. The van der Waals surface area contributed by atoms with Gasteiger partial charge < -0.3 is 20.5 Å². The average Bonchev–Trinajstić information content (AvgIpc) is 3.30. The van der Waals surface area contributed by atoms with Crippen LogP contribution in [0.15, 0.2) is 59.1 Å². The largest absolute Gasteiger partial charge is 0.371 e. The zero-order chi connectivity index (χ0) is 24.1. The van der Waals surface area contributed by atoms with E-state index in [2.05, 4.69) is 52.6 Å². The summed E-state index contributed by atoms with van der Waals surface area (Å²) in [6.07, 6.45) is 1.69. The van der Waals surface area contributed by atoms with Crippen molar-refractivity contribution in [2.24, 2.45) is 11.7 Å². The highest BCUT2D eigenvalue weighted by Crippen LogP contribution is 2.29. The summed E-state index contributed by atoms with van der Waals surface area (Å²) >= 11 is 0. The topological polar surface area (TPSA) is 101 Å². The van der Waals surface area contributed by atoms with Gasteiger partial charge in [0.25, 0.3) is 0 Å². The number of carbonyl (C=O) groups excluding carboxylic acids is 2. The molecule has 1 fully saturated rings. The van der Waals surface area contributed by atoms with E-state index in [1.54, 1.807) is 13.0 Å². The number of nitrogens with two attached hydrogens (primary N) is 1. The Bertz CT molecular complexity index is 1130. The molecule has 1 amide bonds. The van der Waals surface area contributed by atoms with E-state index in [1.165, 1.54) is 5.56 Å². The summed E-state index contributed by atoms with van der Waals surface area (Å²) in [7, 11) is 0. The molecule has 0 spiro atoms. The number of aryl methyl sites for hydroxylation is 1. The summed E-state index contributed by atoms with van der Waals surface area (Å²) in [6.45, 7) is 6.08. The van der Waals surface area contributed by atoms with Crippen LogP contribution in [-0.2, 0) is 17.8 Å². The highest BCUT2D eigenvalue weighted by Gasteiger charge is 2.25. The number of anilines is 1. The second-order valence-electron chi connectivity index (χ2n) is 9.06. The third kappa shape index (κ3) is 5.72. The predicted octanol–water partition coefficient (Wildman–Crippen LogP) is 3.96. The Labute approximate surface area is 200 Å². The molecular weight excluding hydrogens is 428 g/mol. The molecule has 7 nitrogen and oxygen atoms in total. The number of hydrogen-bond donors (Lipinski definition) is 2. The molecule has 1 unspecified atom stereocenters. The first-order chi connectivity index (χ1) is 16.4. The summed E-state index contributed by atoms with van der Waals surface area (Å²) in [5.41, 5.74) is 10.2. The van der Waals surface area contributed by atoms with Gasteiger partial charge in [0.1, 0.15) is 11.5 Å². The Morgan fingerprint density at radius 1 is 1.15 bits per heavy atom. The van der Waals surface area contributed by atoms with Crippen LogP contribution in [0.4, 0.5) is 5.69 Å². The number of carbonyl (C=O) groups is 2. The molecule has 2 heterocycles. The van der Waals surface area contributed by atoms with E-state index in [0.717, 1.165) is 42.7 Å². The number of amides is 1. The van der Waals surface area contributed by atoms with Crippen molar-refractivity contribution >= 4 is 17.4 Å². The van der Waals surface area contributed by atoms with Crippen LogP contribution in [0.25, 0.3) is 0 Å². The standard InChI is InChI=1S/C27H32N4O3/c1-18-14-24(30-34-18)26(32)16-23-15-20(17-29-19(2)21-6-4-3-5-7-21)8-9-25(23)31-12-10-22(11-13-31)27(28)33/h3-9,14-15,19,22,29H,10-13,16-17H2,1-2H3,(H2,28,33). The lowest BCUT2D eigenvalue weighted by Gasteiger charge is -2.34. The number of nitrogens with one attached hydrogen (secondary N) is 1. The van der Waals surface area contributed by atoms with Crippen LogP contribution < -0.4 is 16.0 Å². The van der Waals surface area contributed by atoms with Gasteiger partial charge in [0.15, 0.2) is 5.78 Å². The third-order valence-corrected chi connectivity index (χ3v) is 6.56. The number of aromatic nitrogens is 1. The van der Waals surface area contributed by atoms with Gasteiger partial charge in [0, 0.05) is 49.8 Å². The minimum atomic E-state index is -0.231. The first kappa shape index (κ1) is 23.7. The van der Waals surface area contributed by atoms with Gasteiger partial charge in [0.05, 0.1) is 0 Å². The van der Waals surface area contributed by atoms with Gasteiger partial charge in [0.2, 0.25) is 5.91 Å². The van der Waals surface area contributed by atoms with Crippen molar-refractivity contribution < 1.29 is 14.1 Å². The second-order valence-corrected chi connectivity index (χ2v) is 9.06. The maximum absolute atomic E-state index is 12.9. The van der Waals surface area contributed by atoms with Crippen molar-refractivity contribution in [2.75, 3.05) is 18.0 Å². The van der Waals surface area contributed by atoms with Crippen molar-refractivity contribution in [3.05, 3.63) is 82.7 Å². The molecule has 1 aliphatic heterocycles. The number of ketones is 1. The van der Waals surface area contributed by atoms with E-state index < -0.39 is 0 Å². The third-order valence-electron chi connectivity index (χ3n) is 6.56. The van der Waals surface area contributed by atoms with E-state index in [-0.39, 0.29) is 30.1 Å². The van der Waals surface area contributed by atoms with Gasteiger partial charge in [-0.15, -0.1) is 0 Å². The normalized spacial score (nSPS) is 15.3. The minimum absolute atomic E-state index is 0.0760. The highest BCUT2D eigenvalue weighted by atomic mass is 16.5. The molecule has 3 N–H and O–H groups in total. The van der Waals surface area contributed by atoms with Crippen molar-refractivity contribution in [2.45, 2.75) is 45.7 Å². The fraction of sp³-hybridized carbons (Fsp3) is 0.370. The van der Waals surface area contributed by atoms with E-state index in [4.69, 9.17) is 10.3 Å². The Hall–Kier alpha value is -3.45. The van der Waals surface area contributed by atoms with E-state index >= 15 is 0 Å². The van der Waals surface area contributed by atoms with Crippen LogP contribution in [0.5, 0.6) is 0 Å². The molecule has 7 heteroatoms. The Morgan fingerprint density at radius 2 is 1.88 bits per heavy atom. The van der Waals surface area contributed by atoms with Crippen LogP contribution in [0.3, 0.4) is 0 Å². The molecule has 1 atom stereocenters. The predicted molar refractivity (Wildman–Crippen MR) is 132 cm³/mol. The number of nitrogens with zero attached hydrogens (tertiary/aromatic N) is 2. The number of rotatable bonds is 9. The smallest absolute Gasteiger partial charge is 0.220 e. The first-order valence-corrected chi connectivity index (χ1v) is 11.8. The van der Waals surface area contributed by atoms with E-state index in [0.29, 0.717) is 18.0 Å². The zero-order valence-corrected chi connectivity index (χ0v) is 19.8.